The monoisotopic (exact) mass is 168 g/mol. The van der Waals surface area contributed by atoms with Crippen molar-refractivity contribution in [3.63, 3.8) is 0 Å². The van der Waals surface area contributed by atoms with Crippen molar-refractivity contribution >= 4 is 0 Å². The Hall–Kier alpha value is -0.830. The molecule has 0 aliphatic rings. The van der Waals surface area contributed by atoms with E-state index in [1.807, 2.05) is 31.5 Å². The van der Waals surface area contributed by atoms with Crippen molar-refractivity contribution in [2.45, 2.75) is 32.9 Å². The largest absolute Gasteiger partial charge is 0.388 e. The minimum Gasteiger partial charge on any atom is -0.388 e. The van der Waals surface area contributed by atoms with Gasteiger partial charge in [0.05, 0.1) is 18.5 Å². The van der Waals surface area contributed by atoms with Gasteiger partial charge in [0.15, 0.2) is 0 Å². The van der Waals surface area contributed by atoms with Gasteiger partial charge in [0.2, 0.25) is 0 Å². The molecule has 3 nitrogen and oxygen atoms in total. The standard InChI is InChI=1S/C9H16N2O/c1-8(2)9(3,12)6-11-5-4-10-7-11/h4-5,7-8,12H,6H2,1-3H3. The summed E-state index contributed by atoms with van der Waals surface area (Å²) < 4.78 is 1.89. The van der Waals surface area contributed by atoms with E-state index in [1.54, 1.807) is 12.5 Å². The molecule has 12 heavy (non-hydrogen) atoms. The first-order valence-corrected chi connectivity index (χ1v) is 4.20. The van der Waals surface area contributed by atoms with Crippen LogP contribution >= 0.6 is 0 Å². The van der Waals surface area contributed by atoms with E-state index in [0.717, 1.165) is 0 Å². The van der Waals surface area contributed by atoms with Gasteiger partial charge in [-0.25, -0.2) is 4.98 Å². The molecule has 0 fully saturated rings. The highest BCUT2D eigenvalue weighted by Gasteiger charge is 2.24. The second kappa shape index (κ2) is 3.27. The Morgan fingerprint density at radius 2 is 2.25 bits per heavy atom. The maximum atomic E-state index is 9.91. The molecule has 1 atom stereocenters. The Bertz CT molecular complexity index is 227. The Balaban J connectivity index is 2.62. The van der Waals surface area contributed by atoms with E-state index in [4.69, 9.17) is 0 Å². The van der Waals surface area contributed by atoms with Crippen LogP contribution in [-0.4, -0.2) is 20.3 Å². The molecule has 1 N–H and O–H groups in total. The number of nitrogens with zero attached hydrogens (tertiary/aromatic N) is 2. The molecular formula is C9H16N2O. The molecule has 0 bridgehead atoms. The Kier molecular flexibility index (Phi) is 2.52. The van der Waals surface area contributed by atoms with Crippen LogP contribution in [0.4, 0.5) is 0 Å². The number of hydrogen-bond donors (Lipinski definition) is 1. The maximum absolute atomic E-state index is 9.91. The minimum absolute atomic E-state index is 0.250. The molecule has 0 radical (unpaired) electrons. The molecule has 0 saturated heterocycles. The normalized spacial score (nSPS) is 16.4. The van der Waals surface area contributed by atoms with E-state index in [0.29, 0.717) is 6.54 Å². The summed E-state index contributed by atoms with van der Waals surface area (Å²) in [6, 6.07) is 0. The van der Waals surface area contributed by atoms with Gasteiger partial charge in [-0.1, -0.05) is 13.8 Å². The molecule has 3 heteroatoms. The fraction of sp³-hybridized carbons (Fsp3) is 0.667. The highest BCUT2D eigenvalue weighted by atomic mass is 16.3. The zero-order chi connectivity index (χ0) is 9.19. The lowest BCUT2D eigenvalue weighted by molar-refractivity contribution is -0.00273. The summed E-state index contributed by atoms with van der Waals surface area (Å²) in [7, 11) is 0. The van der Waals surface area contributed by atoms with Gasteiger partial charge in [-0.15, -0.1) is 0 Å². The zero-order valence-electron chi connectivity index (χ0n) is 7.86. The van der Waals surface area contributed by atoms with Crippen LogP contribution in [0.25, 0.3) is 0 Å². The van der Waals surface area contributed by atoms with Crippen molar-refractivity contribution in [3.8, 4) is 0 Å². The highest BCUT2D eigenvalue weighted by Crippen LogP contribution is 2.17. The van der Waals surface area contributed by atoms with Crippen molar-refractivity contribution in [2.24, 2.45) is 5.92 Å². The molecule has 68 valence electrons. The van der Waals surface area contributed by atoms with Gasteiger partial charge in [-0.3, -0.25) is 0 Å². The van der Waals surface area contributed by atoms with Crippen LogP contribution in [0.15, 0.2) is 18.7 Å². The van der Waals surface area contributed by atoms with Crippen LogP contribution in [-0.2, 0) is 6.54 Å². The van der Waals surface area contributed by atoms with Crippen LogP contribution < -0.4 is 0 Å². The SMILES string of the molecule is CC(C)C(C)(O)Cn1ccnc1. The summed E-state index contributed by atoms with van der Waals surface area (Å²) in [6.07, 6.45) is 5.30. The van der Waals surface area contributed by atoms with Crippen molar-refractivity contribution in [1.29, 1.82) is 0 Å². The fourth-order valence-electron chi connectivity index (χ4n) is 0.932. The first-order chi connectivity index (χ1) is 5.52. The highest BCUT2D eigenvalue weighted by molar-refractivity contribution is 4.82. The lowest BCUT2D eigenvalue weighted by Crippen LogP contribution is -2.35. The van der Waals surface area contributed by atoms with Gasteiger partial charge in [0, 0.05) is 12.4 Å². The molecule has 0 saturated carbocycles. The summed E-state index contributed by atoms with van der Waals surface area (Å²) in [5, 5.41) is 9.91. The summed E-state index contributed by atoms with van der Waals surface area (Å²) >= 11 is 0. The van der Waals surface area contributed by atoms with E-state index in [1.165, 1.54) is 0 Å². The predicted molar refractivity (Wildman–Crippen MR) is 47.7 cm³/mol. The molecule has 0 amide bonds. The van der Waals surface area contributed by atoms with Crippen molar-refractivity contribution in [3.05, 3.63) is 18.7 Å². The van der Waals surface area contributed by atoms with Crippen LogP contribution in [0, 0.1) is 5.92 Å². The summed E-state index contributed by atoms with van der Waals surface area (Å²) in [6.45, 7) is 6.47. The second-order valence-electron chi connectivity index (χ2n) is 3.75. The zero-order valence-corrected chi connectivity index (χ0v) is 7.86. The van der Waals surface area contributed by atoms with Gasteiger partial charge in [0.1, 0.15) is 0 Å². The average molecular weight is 168 g/mol. The third-order valence-corrected chi connectivity index (χ3v) is 2.31. The third kappa shape index (κ3) is 2.08. The van der Waals surface area contributed by atoms with Gasteiger partial charge in [-0.05, 0) is 12.8 Å². The molecular weight excluding hydrogens is 152 g/mol. The van der Waals surface area contributed by atoms with Crippen LogP contribution in [0.3, 0.4) is 0 Å². The van der Waals surface area contributed by atoms with Crippen LogP contribution in [0.1, 0.15) is 20.8 Å². The first kappa shape index (κ1) is 9.26. The van der Waals surface area contributed by atoms with Crippen molar-refractivity contribution in [1.82, 2.24) is 9.55 Å². The molecule has 0 aliphatic heterocycles. The molecule has 1 rings (SSSR count). The van der Waals surface area contributed by atoms with Gasteiger partial charge in [0.25, 0.3) is 0 Å². The second-order valence-corrected chi connectivity index (χ2v) is 3.75. The van der Waals surface area contributed by atoms with E-state index in [-0.39, 0.29) is 5.92 Å². The lowest BCUT2D eigenvalue weighted by atomic mass is 9.92. The fourth-order valence-corrected chi connectivity index (χ4v) is 0.932. The quantitative estimate of drug-likeness (QED) is 0.738. The summed E-state index contributed by atoms with van der Waals surface area (Å²) in [5.41, 5.74) is -0.652. The molecule has 1 aromatic rings. The Labute approximate surface area is 73.1 Å². The van der Waals surface area contributed by atoms with Crippen LogP contribution in [0.2, 0.25) is 0 Å². The number of rotatable bonds is 3. The number of imidazole rings is 1. The van der Waals surface area contributed by atoms with E-state index < -0.39 is 5.60 Å². The Morgan fingerprint density at radius 3 is 2.67 bits per heavy atom. The average Bonchev–Trinajstić information content (AvgIpc) is 2.38. The number of aromatic nitrogens is 2. The number of aliphatic hydroxyl groups is 1. The van der Waals surface area contributed by atoms with E-state index in [9.17, 15) is 5.11 Å². The number of hydrogen-bond acceptors (Lipinski definition) is 2. The van der Waals surface area contributed by atoms with Gasteiger partial charge >= 0.3 is 0 Å². The molecule has 0 aromatic carbocycles. The van der Waals surface area contributed by atoms with Gasteiger partial charge < -0.3 is 9.67 Å². The van der Waals surface area contributed by atoms with Gasteiger partial charge in [-0.2, -0.15) is 0 Å². The summed E-state index contributed by atoms with van der Waals surface area (Å²) in [4.78, 5) is 3.92. The molecule has 0 spiro atoms. The van der Waals surface area contributed by atoms with Crippen LogP contribution in [0.5, 0.6) is 0 Å². The van der Waals surface area contributed by atoms with Crippen molar-refractivity contribution < 1.29 is 5.11 Å². The third-order valence-electron chi connectivity index (χ3n) is 2.31. The molecule has 1 heterocycles. The molecule has 1 aromatic heterocycles. The van der Waals surface area contributed by atoms with E-state index in [2.05, 4.69) is 4.98 Å². The minimum atomic E-state index is -0.652. The first-order valence-electron chi connectivity index (χ1n) is 4.20. The maximum Gasteiger partial charge on any atom is 0.0946 e. The topological polar surface area (TPSA) is 38.0 Å². The smallest absolute Gasteiger partial charge is 0.0946 e. The molecule has 1 unspecified atom stereocenters. The predicted octanol–water partition coefficient (Wildman–Crippen LogP) is 1.29. The van der Waals surface area contributed by atoms with Crippen molar-refractivity contribution in [2.75, 3.05) is 0 Å². The molecule has 0 aliphatic carbocycles. The van der Waals surface area contributed by atoms with E-state index >= 15 is 0 Å². The lowest BCUT2D eigenvalue weighted by Gasteiger charge is -2.27. The Morgan fingerprint density at radius 1 is 1.58 bits per heavy atom. The summed E-state index contributed by atoms with van der Waals surface area (Å²) in [5.74, 6) is 0.250.